The molecule has 1 unspecified atom stereocenters. The van der Waals surface area contributed by atoms with Crippen molar-refractivity contribution in [3.63, 3.8) is 0 Å². The topological polar surface area (TPSA) is 82.8 Å². The van der Waals surface area contributed by atoms with E-state index in [0.29, 0.717) is 19.0 Å². The van der Waals surface area contributed by atoms with Gasteiger partial charge in [-0.15, -0.1) is 24.0 Å². The van der Waals surface area contributed by atoms with Crippen LogP contribution in [0.25, 0.3) is 0 Å². The molecule has 1 aromatic carbocycles. The van der Waals surface area contributed by atoms with Crippen LogP contribution in [0.4, 0.5) is 8.78 Å². The maximum Gasteiger partial charge on any atom is 0.221 e. The SMILES string of the molecule is CCNC(=NCc1cc(F)ccc1F)NCCCN1CCCC(C(N)=O)C1.I. The quantitative estimate of drug-likeness (QED) is 0.217. The molecule has 1 heterocycles. The molecule has 9 heteroatoms. The number of carbonyl (C=O) groups is 1. The van der Waals surface area contributed by atoms with E-state index < -0.39 is 11.6 Å². The highest BCUT2D eigenvalue weighted by Crippen LogP contribution is 2.16. The van der Waals surface area contributed by atoms with Crippen LogP contribution in [0, 0.1) is 17.6 Å². The smallest absolute Gasteiger partial charge is 0.221 e. The Labute approximate surface area is 182 Å². The second kappa shape index (κ2) is 12.9. The molecule has 1 aliphatic rings. The Morgan fingerprint density at radius 2 is 2.14 bits per heavy atom. The van der Waals surface area contributed by atoms with Crippen LogP contribution in [0.15, 0.2) is 23.2 Å². The van der Waals surface area contributed by atoms with Crippen LogP contribution in [0.2, 0.25) is 0 Å². The van der Waals surface area contributed by atoms with Crippen molar-refractivity contribution in [3.05, 3.63) is 35.4 Å². The maximum absolute atomic E-state index is 13.7. The summed E-state index contributed by atoms with van der Waals surface area (Å²) < 4.78 is 26.9. The van der Waals surface area contributed by atoms with Gasteiger partial charge < -0.3 is 21.3 Å². The molecule has 1 saturated heterocycles. The van der Waals surface area contributed by atoms with Crippen molar-refractivity contribution in [2.75, 3.05) is 32.7 Å². The summed E-state index contributed by atoms with van der Waals surface area (Å²) in [6.45, 7) is 5.94. The van der Waals surface area contributed by atoms with Crippen molar-refractivity contribution >= 4 is 35.8 Å². The monoisotopic (exact) mass is 509 g/mol. The number of primary amides is 1. The van der Waals surface area contributed by atoms with Gasteiger partial charge in [-0.2, -0.15) is 0 Å². The van der Waals surface area contributed by atoms with Crippen molar-refractivity contribution in [2.24, 2.45) is 16.6 Å². The maximum atomic E-state index is 13.7. The zero-order chi connectivity index (χ0) is 19.6. The zero-order valence-corrected chi connectivity index (χ0v) is 18.5. The molecule has 28 heavy (non-hydrogen) atoms. The number of hydrogen-bond acceptors (Lipinski definition) is 3. The van der Waals surface area contributed by atoms with Crippen LogP contribution >= 0.6 is 24.0 Å². The number of guanidine groups is 1. The van der Waals surface area contributed by atoms with Gasteiger partial charge in [0, 0.05) is 25.2 Å². The predicted molar refractivity (Wildman–Crippen MR) is 118 cm³/mol. The lowest BCUT2D eigenvalue weighted by atomic mass is 9.97. The van der Waals surface area contributed by atoms with Gasteiger partial charge in [-0.25, -0.2) is 13.8 Å². The number of hydrogen-bond donors (Lipinski definition) is 3. The van der Waals surface area contributed by atoms with Gasteiger partial charge >= 0.3 is 0 Å². The van der Waals surface area contributed by atoms with Gasteiger partial charge in [0.15, 0.2) is 5.96 Å². The van der Waals surface area contributed by atoms with Crippen LogP contribution in [-0.2, 0) is 11.3 Å². The van der Waals surface area contributed by atoms with Crippen LogP contribution in [-0.4, -0.2) is 49.5 Å². The number of likely N-dealkylation sites (tertiary alicyclic amines) is 1. The zero-order valence-electron chi connectivity index (χ0n) is 16.2. The number of piperidine rings is 1. The van der Waals surface area contributed by atoms with Gasteiger partial charge in [0.2, 0.25) is 5.91 Å². The minimum absolute atomic E-state index is 0. The van der Waals surface area contributed by atoms with Gasteiger partial charge in [0.25, 0.3) is 0 Å². The summed E-state index contributed by atoms with van der Waals surface area (Å²) in [5.41, 5.74) is 5.63. The molecule has 6 nitrogen and oxygen atoms in total. The Morgan fingerprint density at radius 1 is 1.36 bits per heavy atom. The second-order valence-corrected chi connectivity index (χ2v) is 6.75. The summed E-state index contributed by atoms with van der Waals surface area (Å²) in [4.78, 5) is 17.9. The van der Waals surface area contributed by atoms with E-state index in [1.807, 2.05) is 6.92 Å². The third-order valence-electron chi connectivity index (χ3n) is 4.61. The second-order valence-electron chi connectivity index (χ2n) is 6.75. The number of aliphatic imine (C=N–C) groups is 1. The van der Waals surface area contributed by atoms with Crippen LogP contribution in [0.1, 0.15) is 31.7 Å². The number of amides is 1. The first-order valence-electron chi connectivity index (χ1n) is 9.47. The van der Waals surface area contributed by atoms with E-state index >= 15 is 0 Å². The van der Waals surface area contributed by atoms with Crippen molar-refractivity contribution in [1.82, 2.24) is 15.5 Å². The van der Waals surface area contributed by atoms with E-state index in [-0.39, 0.29) is 47.9 Å². The molecule has 0 saturated carbocycles. The van der Waals surface area contributed by atoms with Crippen molar-refractivity contribution in [2.45, 2.75) is 32.7 Å². The molecule has 1 aromatic rings. The van der Waals surface area contributed by atoms with Gasteiger partial charge in [0.05, 0.1) is 12.5 Å². The van der Waals surface area contributed by atoms with E-state index in [1.165, 1.54) is 0 Å². The highest BCUT2D eigenvalue weighted by atomic mass is 127. The Balaban J connectivity index is 0.00000392. The Hall–Kier alpha value is -1.49. The first kappa shape index (κ1) is 24.5. The first-order valence-corrected chi connectivity index (χ1v) is 9.47. The predicted octanol–water partition coefficient (Wildman–Crippen LogP) is 2.23. The van der Waals surface area contributed by atoms with Crippen LogP contribution in [0.3, 0.4) is 0 Å². The number of nitrogens with two attached hydrogens (primary N) is 1. The molecule has 1 amide bonds. The number of benzene rings is 1. The molecular weight excluding hydrogens is 479 g/mol. The fourth-order valence-electron chi connectivity index (χ4n) is 3.17. The van der Waals surface area contributed by atoms with E-state index in [1.54, 1.807) is 0 Å². The highest BCUT2D eigenvalue weighted by molar-refractivity contribution is 14.0. The molecule has 158 valence electrons. The van der Waals surface area contributed by atoms with Gasteiger partial charge in [-0.1, -0.05) is 0 Å². The molecular formula is C19H30F2IN5O. The molecule has 0 aliphatic carbocycles. The molecule has 1 fully saturated rings. The van der Waals surface area contributed by atoms with Crippen molar-refractivity contribution in [1.29, 1.82) is 0 Å². The van der Waals surface area contributed by atoms with Crippen molar-refractivity contribution in [3.8, 4) is 0 Å². The fourth-order valence-corrected chi connectivity index (χ4v) is 3.17. The van der Waals surface area contributed by atoms with Gasteiger partial charge in [0.1, 0.15) is 11.6 Å². The van der Waals surface area contributed by atoms with Crippen LogP contribution in [0.5, 0.6) is 0 Å². The summed E-state index contributed by atoms with van der Waals surface area (Å²) in [6.07, 6.45) is 2.74. The number of nitrogens with one attached hydrogen (secondary N) is 2. The third kappa shape index (κ3) is 8.26. The average Bonchev–Trinajstić information content (AvgIpc) is 2.65. The van der Waals surface area contributed by atoms with Gasteiger partial charge in [-0.3, -0.25) is 4.79 Å². The summed E-state index contributed by atoms with van der Waals surface area (Å²) >= 11 is 0. The molecule has 0 aromatic heterocycles. The molecule has 0 spiro atoms. The first-order chi connectivity index (χ1) is 13.0. The minimum atomic E-state index is -0.477. The van der Waals surface area contributed by atoms with Crippen LogP contribution < -0.4 is 16.4 Å². The number of rotatable bonds is 8. The normalized spacial score (nSPS) is 17.7. The Morgan fingerprint density at radius 3 is 2.86 bits per heavy atom. The summed E-state index contributed by atoms with van der Waals surface area (Å²) in [7, 11) is 0. The third-order valence-corrected chi connectivity index (χ3v) is 4.61. The summed E-state index contributed by atoms with van der Waals surface area (Å²) in [6, 6.07) is 3.36. The molecule has 0 bridgehead atoms. The standard InChI is InChI=1S/C19H29F2N5O.HI/c1-2-23-19(25-12-15-11-16(20)6-7-17(15)21)24-8-4-10-26-9-3-5-14(13-26)18(22)27;/h6-7,11,14H,2-5,8-10,12-13H2,1H3,(H2,22,27)(H2,23,24,25);1H. The number of carbonyl (C=O) groups excluding carboxylic acids is 1. The summed E-state index contributed by atoms with van der Waals surface area (Å²) in [5.74, 6) is -0.647. The largest absolute Gasteiger partial charge is 0.369 e. The van der Waals surface area contributed by atoms with E-state index in [0.717, 1.165) is 57.1 Å². The van der Waals surface area contributed by atoms with Gasteiger partial charge in [-0.05, 0) is 57.5 Å². The average molecular weight is 509 g/mol. The molecule has 4 N–H and O–H groups in total. The Kier molecular flexibility index (Phi) is 11.3. The number of nitrogens with zero attached hydrogens (tertiary/aromatic N) is 2. The Bertz CT molecular complexity index is 659. The van der Waals surface area contributed by atoms with E-state index in [2.05, 4.69) is 20.5 Å². The lowest BCUT2D eigenvalue weighted by Gasteiger charge is -2.31. The molecule has 1 aliphatic heterocycles. The fraction of sp³-hybridized carbons (Fsp3) is 0.579. The van der Waals surface area contributed by atoms with Crippen molar-refractivity contribution < 1.29 is 13.6 Å². The highest BCUT2D eigenvalue weighted by Gasteiger charge is 2.23. The molecule has 2 rings (SSSR count). The van der Waals surface area contributed by atoms with E-state index in [9.17, 15) is 13.6 Å². The lowest BCUT2D eigenvalue weighted by molar-refractivity contribution is -0.123. The lowest BCUT2D eigenvalue weighted by Crippen LogP contribution is -2.43. The summed E-state index contributed by atoms with van der Waals surface area (Å²) in [5, 5.41) is 6.30. The number of halogens is 3. The molecule has 1 atom stereocenters. The van der Waals surface area contributed by atoms with E-state index in [4.69, 9.17) is 5.73 Å². The minimum Gasteiger partial charge on any atom is -0.369 e. The molecule has 0 radical (unpaired) electrons.